The first kappa shape index (κ1) is 26.7. The van der Waals surface area contributed by atoms with Gasteiger partial charge in [0, 0.05) is 11.4 Å². The molecule has 0 spiro atoms. The summed E-state index contributed by atoms with van der Waals surface area (Å²) in [5, 5.41) is 8.40. The quantitative estimate of drug-likeness (QED) is 0.240. The minimum absolute atomic E-state index is 0.188. The zero-order chi connectivity index (χ0) is 26.8. The number of benzene rings is 3. The molecule has 0 aliphatic carbocycles. The fourth-order valence-corrected chi connectivity index (χ4v) is 2.85. The number of methoxy groups -OCH3 is 1. The van der Waals surface area contributed by atoms with Crippen molar-refractivity contribution in [3.05, 3.63) is 83.9 Å². The summed E-state index contributed by atoms with van der Waals surface area (Å²) in [6, 6.07) is 17.0. The average molecular weight is 514 g/mol. The molecule has 3 amide bonds. The zero-order valence-corrected chi connectivity index (χ0v) is 19.3. The summed E-state index contributed by atoms with van der Waals surface area (Å²) < 4.78 is 48.8. The maximum absolute atomic E-state index is 12.8. The van der Waals surface area contributed by atoms with Crippen molar-refractivity contribution < 1.29 is 37.0 Å². The number of hydrogen-bond donors (Lipinski definition) is 3. The van der Waals surface area contributed by atoms with Crippen molar-refractivity contribution in [3.63, 3.8) is 0 Å². The Bertz CT molecular complexity index is 1280. The van der Waals surface area contributed by atoms with Crippen LogP contribution in [0, 0.1) is 0 Å². The lowest BCUT2D eigenvalue weighted by molar-refractivity contribution is -0.137. The number of amides is 3. The van der Waals surface area contributed by atoms with E-state index >= 15 is 0 Å². The van der Waals surface area contributed by atoms with Crippen LogP contribution in [0.3, 0.4) is 0 Å². The van der Waals surface area contributed by atoms with E-state index in [0.717, 1.165) is 12.1 Å². The number of ether oxygens (including phenoxy) is 2. The van der Waals surface area contributed by atoms with Gasteiger partial charge >= 0.3 is 18.0 Å². The molecule has 0 bridgehead atoms. The molecule has 9 nitrogen and oxygen atoms in total. The molecule has 0 saturated carbocycles. The van der Waals surface area contributed by atoms with E-state index in [4.69, 9.17) is 9.47 Å². The minimum atomic E-state index is -4.59. The van der Waals surface area contributed by atoms with Gasteiger partial charge in [-0.25, -0.2) is 5.43 Å². The van der Waals surface area contributed by atoms with Crippen LogP contribution in [0.4, 0.5) is 24.5 Å². The Labute approximate surface area is 209 Å². The van der Waals surface area contributed by atoms with E-state index in [-0.39, 0.29) is 18.2 Å². The normalized spacial score (nSPS) is 11.0. The van der Waals surface area contributed by atoms with Gasteiger partial charge in [0.1, 0.15) is 11.5 Å². The number of hydrazone groups is 1. The van der Waals surface area contributed by atoms with E-state index in [9.17, 15) is 27.6 Å². The number of nitrogens with one attached hydrogen (secondary N) is 3. The third-order valence-corrected chi connectivity index (χ3v) is 4.66. The molecule has 37 heavy (non-hydrogen) atoms. The summed E-state index contributed by atoms with van der Waals surface area (Å²) >= 11 is 0. The summed E-state index contributed by atoms with van der Waals surface area (Å²) in [5.74, 6) is -1.64. The lowest BCUT2D eigenvalue weighted by Crippen LogP contribution is -2.32. The van der Waals surface area contributed by atoms with Gasteiger partial charge < -0.3 is 20.1 Å². The number of halogens is 3. The topological polar surface area (TPSA) is 118 Å². The lowest BCUT2D eigenvalue weighted by atomic mass is 10.2. The van der Waals surface area contributed by atoms with Gasteiger partial charge in [0.15, 0.2) is 6.61 Å². The van der Waals surface area contributed by atoms with Crippen LogP contribution in [0.25, 0.3) is 0 Å². The Morgan fingerprint density at radius 3 is 2.19 bits per heavy atom. The number of hydrogen-bond acceptors (Lipinski definition) is 6. The third kappa shape index (κ3) is 8.38. The molecule has 192 valence electrons. The predicted octanol–water partition coefficient (Wildman–Crippen LogP) is 3.82. The summed E-state index contributed by atoms with van der Waals surface area (Å²) in [4.78, 5) is 35.8. The molecule has 3 N–H and O–H groups in total. The monoisotopic (exact) mass is 514 g/mol. The van der Waals surface area contributed by atoms with Gasteiger partial charge in [-0.3, -0.25) is 14.4 Å². The largest absolute Gasteiger partial charge is 0.497 e. The van der Waals surface area contributed by atoms with Crippen LogP contribution < -0.4 is 25.5 Å². The standard InChI is InChI=1S/C25H21F3N4O5/c1-36-20-11-7-18(8-12-20)30-22(33)15-37-21-9-5-16(6-10-21)14-29-32-24(35)23(34)31-19-4-2-3-17(13-19)25(26,27)28/h2-14H,15H2,1H3,(H,30,33)(H,31,34)(H,32,35). The first-order chi connectivity index (χ1) is 17.6. The fraction of sp³-hybridized carbons (Fsp3) is 0.120. The van der Waals surface area contributed by atoms with Crippen molar-refractivity contribution in [1.82, 2.24) is 5.43 Å². The molecule has 3 aromatic rings. The number of carbonyl (C=O) groups excluding carboxylic acids is 3. The second-order valence-electron chi connectivity index (χ2n) is 7.37. The smallest absolute Gasteiger partial charge is 0.416 e. The highest BCUT2D eigenvalue weighted by Crippen LogP contribution is 2.30. The molecule has 0 heterocycles. The van der Waals surface area contributed by atoms with Gasteiger partial charge in [0.2, 0.25) is 0 Å². The van der Waals surface area contributed by atoms with E-state index in [1.807, 2.05) is 5.43 Å². The number of anilines is 2. The SMILES string of the molecule is COc1ccc(NC(=O)COc2ccc(C=NNC(=O)C(=O)Nc3cccc(C(F)(F)F)c3)cc2)cc1. The molecule has 0 aromatic heterocycles. The first-order valence-corrected chi connectivity index (χ1v) is 10.6. The Morgan fingerprint density at radius 1 is 0.865 bits per heavy atom. The second-order valence-corrected chi connectivity index (χ2v) is 7.37. The number of nitrogens with zero attached hydrogens (tertiary/aromatic N) is 1. The van der Waals surface area contributed by atoms with Crippen LogP contribution in [0.1, 0.15) is 11.1 Å². The van der Waals surface area contributed by atoms with Crippen LogP contribution in [0.15, 0.2) is 77.9 Å². The van der Waals surface area contributed by atoms with Gasteiger partial charge in [-0.15, -0.1) is 0 Å². The van der Waals surface area contributed by atoms with E-state index < -0.39 is 23.6 Å². The maximum Gasteiger partial charge on any atom is 0.416 e. The molecule has 0 unspecified atom stereocenters. The number of rotatable bonds is 8. The van der Waals surface area contributed by atoms with Gasteiger partial charge in [-0.2, -0.15) is 18.3 Å². The maximum atomic E-state index is 12.8. The number of alkyl halides is 3. The first-order valence-electron chi connectivity index (χ1n) is 10.6. The van der Waals surface area contributed by atoms with Crippen molar-refractivity contribution in [2.75, 3.05) is 24.4 Å². The van der Waals surface area contributed by atoms with Crippen molar-refractivity contribution in [1.29, 1.82) is 0 Å². The zero-order valence-electron chi connectivity index (χ0n) is 19.3. The molecule has 0 saturated heterocycles. The summed E-state index contributed by atoms with van der Waals surface area (Å²) in [6.07, 6.45) is -3.34. The molecule has 3 rings (SSSR count). The van der Waals surface area contributed by atoms with Gasteiger partial charge in [0.25, 0.3) is 5.91 Å². The Morgan fingerprint density at radius 2 is 1.54 bits per heavy atom. The summed E-state index contributed by atoms with van der Waals surface area (Å²) in [5.41, 5.74) is 1.96. The second kappa shape index (κ2) is 12.2. The summed E-state index contributed by atoms with van der Waals surface area (Å²) in [6.45, 7) is -0.226. The van der Waals surface area contributed by atoms with E-state index in [0.29, 0.717) is 28.8 Å². The predicted molar refractivity (Wildman–Crippen MR) is 129 cm³/mol. The minimum Gasteiger partial charge on any atom is -0.497 e. The Kier molecular flexibility index (Phi) is 8.81. The van der Waals surface area contributed by atoms with Gasteiger partial charge in [-0.05, 0) is 72.3 Å². The fourth-order valence-electron chi connectivity index (χ4n) is 2.85. The lowest BCUT2D eigenvalue weighted by Gasteiger charge is -2.09. The molecular formula is C25H21F3N4O5. The molecule has 0 atom stereocenters. The molecule has 12 heteroatoms. The van der Waals surface area contributed by atoms with Crippen LogP contribution in [0.5, 0.6) is 11.5 Å². The average Bonchev–Trinajstić information content (AvgIpc) is 2.88. The van der Waals surface area contributed by atoms with Crippen LogP contribution >= 0.6 is 0 Å². The highest BCUT2D eigenvalue weighted by Gasteiger charge is 2.30. The van der Waals surface area contributed by atoms with Crippen LogP contribution in [-0.2, 0) is 20.6 Å². The highest BCUT2D eigenvalue weighted by atomic mass is 19.4. The van der Waals surface area contributed by atoms with Crippen LogP contribution in [-0.4, -0.2) is 37.7 Å². The van der Waals surface area contributed by atoms with Crippen molar-refractivity contribution >= 4 is 35.3 Å². The molecular weight excluding hydrogens is 493 g/mol. The number of carbonyl (C=O) groups is 3. The Balaban J connectivity index is 1.44. The molecule has 0 fully saturated rings. The third-order valence-electron chi connectivity index (χ3n) is 4.66. The highest BCUT2D eigenvalue weighted by molar-refractivity contribution is 6.39. The molecule has 0 radical (unpaired) electrons. The van der Waals surface area contributed by atoms with Crippen LogP contribution in [0.2, 0.25) is 0 Å². The molecule has 3 aromatic carbocycles. The van der Waals surface area contributed by atoms with Crippen molar-refractivity contribution in [2.24, 2.45) is 5.10 Å². The van der Waals surface area contributed by atoms with Gasteiger partial charge in [-0.1, -0.05) is 6.07 Å². The van der Waals surface area contributed by atoms with E-state index in [1.54, 1.807) is 55.6 Å². The van der Waals surface area contributed by atoms with Gasteiger partial charge in [0.05, 0.1) is 18.9 Å². The molecule has 0 aliphatic heterocycles. The van der Waals surface area contributed by atoms with Crippen molar-refractivity contribution in [2.45, 2.75) is 6.18 Å². The van der Waals surface area contributed by atoms with E-state index in [1.165, 1.54) is 12.3 Å². The molecule has 0 aliphatic rings. The van der Waals surface area contributed by atoms with Crippen molar-refractivity contribution in [3.8, 4) is 11.5 Å². The summed E-state index contributed by atoms with van der Waals surface area (Å²) in [7, 11) is 1.54. The van der Waals surface area contributed by atoms with E-state index in [2.05, 4.69) is 15.7 Å². The Hall–Kier alpha value is -4.87.